The highest BCUT2D eigenvalue weighted by Crippen LogP contribution is 2.20. The zero-order chi connectivity index (χ0) is 16.3. The van der Waals surface area contributed by atoms with Crippen LogP contribution in [0.3, 0.4) is 0 Å². The Balaban J connectivity index is 2.09. The van der Waals surface area contributed by atoms with Crippen molar-refractivity contribution in [1.29, 1.82) is 0 Å². The summed E-state index contributed by atoms with van der Waals surface area (Å²) in [5, 5.41) is 6.54. The van der Waals surface area contributed by atoms with Gasteiger partial charge in [-0.1, -0.05) is 5.16 Å². The molecule has 8 nitrogen and oxygen atoms in total. The third kappa shape index (κ3) is 3.10. The van der Waals surface area contributed by atoms with Crippen LogP contribution in [0.5, 0.6) is 0 Å². The van der Waals surface area contributed by atoms with Crippen molar-refractivity contribution >= 4 is 17.8 Å². The third-order valence-electron chi connectivity index (χ3n) is 3.57. The summed E-state index contributed by atoms with van der Waals surface area (Å²) in [6.45, 7) is 4.25. The monoisotopic (exact) mass is 309 g/mol. The number of methoxy groups -OCH3 is 1. The van der Waals surface area contributed by atoms with E-state index in [4.69, 9.17) is 4.52 Å². The van der Waals surface area contributed by atoms with Crippen LogP contribution in [-0.2, 0) is 14.3 Å². The Morgan fingerprint density at radius 2 is 1.86 bits per heavy atom. The van der Waals surface area contributed by atoms with Gasteiger partial charge in [0.25, 0.3) is 5.91 Å². The summed E-state index contributed by atoms with van der Waals surface area (Å²) in [5.74, 6) is -0.601. The molecule has 0 aromatic carbocycles. The summed E-state index contributed by atoms with van der Waals surface area (Å²) in [6.07, 6.45) is 0.705. The topological polar surface area (TPSA) is 93.0 Å². The van der Waals surface area contributed by atoms with Crippen LogP contribution in [0.4, 0.5) is 0 Å². The maximum Gasteiger partial charge on any atom is 0.306 e. The van der Waals surface area contributed by atoms with Crippen LogP contribution in [0.25, 0.3) is 0 Å². The zero-order valence-corrected chi connectivity index (χ0v) is 12.9. The molecule has 0 atom stereocenters. The molecule has 0 saturated carbocycles. The van der Waals surface area contributed by atoms with Crippen molar-refractivity contribution in [2.45, 2.75) is 33.1 Å². The molecule has 0 unspecified atom stereocenters. The number of hydrazine groups is 1. The largest absolute Gasteiger partial charge is 0.469 e. The molecule has 2 heterocycles. The molecule has 1 fully saturated rings. The number of amides is 2. The molecule has 0 radical (unpaired) electrons. The smallest absolute Gasteiger partial charge is 0.306 e. The number of carbonyl (C=O) groups excluding carboxylic acids is 3. The van der Waals surface area contributed by atoms with E-state index in [1.165, 1.54) is 17.1 Å². The molecule has 2 rings (SSSR count). The number of nitrogens with zero attached hydrogens (tertiary/aromatic N) is 3. The molecule has 0 spiro atoms. The van der Waals surface area contributed by atoms with Crippen molar-refractivity contribution in [2.24, 2.45) is 0 Å². The molecule has 1 aliphatic rings. The fourth-order valence-corrected chi connectivity index (χ4v) is 2.44. The fraction of sp³-hybridized carbons (Fsp3) is 0.571. The molecular weight excluding hydrogens is 290 g/mol. The summed E-state index contributed by atoms with van der Waals surface area (Å²) < 4.78 is 9.52. The van der Waals surface area contributed by atoms with Crippen LogP contribution in [0.15, 0.2) is 4.52 Å². The van der Waals surface area contributed by atoms with Crippen LogP contribution in [-0.4, -0.2) is 53.2 Å². The number of hydrogen-bond acceptors (Lipinski definition) is 6. The predicted molar refractivity (Wildman–Crippen MR) is 74.6 cm³/mol. The third-order valence-corrected chi connectivity index (χ3v) is 3.57. The maximum absolute atomic E-state index is 12.6. The molecule has 1 aliphatic heterocycles. The van der Waals surface area contributed by atoms with E-state index in [0.717, 1.165) is 0 Å². The highest BCUT2D eigenvalue weighted by molar-refractivity contribution is 5.97. The first kappa shape index (κ1) is 16.0. The van der Waals surface area contributed by atoms with Crippen LogP contribution in [0.2, 0.25) is 0 Å². The standard InChI is InChI=1S/C14H19N3O5/c1-9-13(10(2)22-15-9)14(20)17-8-4-7-16(17)11(18)5-6-12(19)21-3/h4-8H2,1-3H3. The minimum Gasteiger partial charge on any atom is -0.469 e. The van der Waals surface area contributed by atoms with E-state index in [-0.39, 0.29) is 24.7 Å². The summed E-state index contributed by atoms with van der Waals surface area (Å²) in [5.41, 5.74) is 0.879. The molecule has 1 aromatic heterocycles. The average Bonchev–Trinajstić information content (AvgIpc) is 3.11. The van der Waals surface area contributed by atoms with Gasteiger partial charge in [0, 0.05) is 19.5 Å². The Hall–Kier alpha value is -2.38. The van der Waals surface area contributed by atoms with Crippen LogP contribution < -0.4 is 0 Å². The highest BCUT2D eigenvalue weighted by Gasteiger charge is 2.33. The first-order chi connectivity index (χ1) is 10.5. The number of aromatic nitrogens is 1. The molecule has 8 heteroatoms. The van der Waals surface area contributed by atoms with Crippen molar-refractivity contribution < 1.29 is 23.6 Å². The Morgan fingerprint density at radius 1 is 1.18 bits per heavy atom. The van der Waals surface area contributed by atoms with Gasteiger partial charge in [-0.05, 0) is 20.3 Å². The molecule has 120 valence electrons. The van der Waals surface area contributed by atoms with Crippen molar-refractivity contribution in [3.05, 3.63) is 17.0 Å². The van der Waals surface area contributed by atoms with Crippen molar-refractivity contribution in [3.63, 3.8) is 0 Å². The molecule has 1 saturated heterocycles. The molecule has 0 aliphatic carbocycles. The van der Waals surface area contributed by atoms with Gasteiger partial charge in [-0.25, -0.2) is 5.01 Å². The minimum absolute atomic E-state index is 0.000808. The normalized spacial score (nSPS) is 14.3. The number of rotatable bonds is 4. The average molecular weight is 309 g/mol. The van der Waals surface area contributed by atoms with Gasteiger partial charge in [-0.3, -0.25) is 19.4 Å². The number of aryl methyl sites for hydroxylation is 2. The molecule has 22 heavy (non-hydrogen) atoms. The van der Waals surface area contributed by atoms with Gasteiger partial charge in [0.2, 0.25) is 5.91 Å². The van der Waals surface area contributed by atoms with Crippen LogP contribution in [0.1, 0.15) is 41.1 Å². The van der Waals surface area contributed by atoms with E-state index in [1.54, 1.807) is 13.8 Å². The highest BCUT2D eigenvalue weighted by atomic mass is 16.5. The first-order valence-electron chi connectivity index (χ1n) is 7.07. The van der Waals surface area contributed by atoms with E-state index in [0.29, 0.717) is 36.5 Å². The van der Waals surface area contributed by atoms with Crippen molar-refractivity contribution in [2.75, 3.05) is 20.2 Å². The lowest BCUT2D eigenvalue weighted by atomic mass is 10.2. The van der Waals surface area contributed by atoms with Gasteiger partial charge in [-0.15, -0.1) is 0 Å². The number of esters is 1. The van der Waals surface area contributed by atoms with E-state index in [9.17, 15) is 14.4 Å². The zero-order valence-electron chi connectivity index (χ0n) is 12.9. The molecule has 1 aromatic rings. The summed E-state index contributed by atoms with van der Waals surface area (Å²) >= 11 is 0. The SMILES string of the molecule is COC(=O)CCC(=O)N1CCCN1C(=O)c1c(C)noc1C. The number of carbonyl (C=O) groups is 3. The minimum atomic E-state index is -0.448. The second-order valence-corrected chi connectivity index (χ2v) is 5.07. The van der Waals surface area contributed by atoms with E-state index < -0.39 is 5.97 Å². The predicted octanol–water partition coefficient (Wildman–Crippen LogP) is 0.834. The molecule has 0 bridgehead atoms. The van der Waals surface area contributed by atoms with Gasteiger partial charge in [0.15, 0.2) is 0 Å². The Labute approximate surface area is 127 Å². The van der Waals surface area contributed by atoms with Gasteiger partial charge in [0.05, 0.1) is 19.2 Å². The van der Waals surface area contributed by atoms with Gasteiger partial charge in [-0.2, -0.15) is 0 Å². The molecule has 0 N–H and O–H groups in total. The second kappa shape index (κ2) is 6.59. The summed E-state index contributed by atoms with van der Waals surface area (Å²) in [4.78, 5) is 35.9. The number of ether oxygens (including phenoxy) is 1. The lowest BCUT2D eigenvalue weighted by Crippen LogP contribution is -2.45. The quantitative estimate of drug-likeness (QED) is 0.765. The van der Waals surface area contributed by atoms with E-state index >= 15 is 0 Å². The Bertz CT molecular complexity index is 576. The number of hydrogen-bond donors (Lipinski definition) is 0. The van der Waals surface area contributed by atoms with Crippen molar-refractivity contribution in [3.8, 4) is 0 Å². The van der Waals surface area contributed by atoms with Crippen molar-refractivity contribution in [1.82, 2.24) is 15.2 Å². The maximum atomic E-state index is 12.6. The first-order valence-corrected chi connectivity index (χ1v) is 7.07. The van der Waals surface area contributed by atoms with Gasteiger partial charge in [0.1, 0.15) is 11.3 Å². The Kier molecular flexibility index (Phi) is 4.79. The molecule has 2 amide bonds. The Morgan fingerprint density at radius 3 is 2.45 bits per heavy atom. The fourth-order valence-electron chi connectivity index (χ4n) is 2.44. The van der Waals surface area contributed by atoms with E-state index in [1.807, 2.05) is 0 Å². The second-order valence-electron chi connectivity index (χ2n) is 5.07. The van der Waals surface area contributed by atoms with Crippen LogP contribution in [0, 0.1) is 13.8 Å². The molecular formula is C14H19N3O5. The van der Waals surface area contributed by atoms with Gasteiger partial charge < -0.3 is 9.26 Å². The lowest BCUT2D eigenvalue weighted by molar-refractivity contribution is -0.146. The summed E-state index contributed by atoms with van der Waals surface area (Å²) in [7, 11) is 1.27. The van der Waals surface area contributed by atoms with E-state index in [2.05, 4.69) is 9.89 Å². The lowest BCUT2D eigenvalue weighted by Gasteiger charge is -2.27. The van der Waals surface area contributed by atoms with Crippen LogP contribution >= 0.6 is 0 Å². The summed E-state index contributed by atoms with van der Waals surface area (Å²) in [6, 6.07) is 0. The van der Waals surface area contributed by atoms with Gasteiger partial charge >= 0.3 is 5.97 Å².